The number of aryl methyl sites for hydroxylation is 1. The number of nitrogens with two attached hydrogens (primary N) is 1. The van der Waals surface area contributed by atoms with Gasteiger partial charge in [-0.2, -0.15) is 0 Å². The van der Waals surface area contributed by atoms with E-state index in [9.17, 15) is 13.6 Å². The lowest BCUT2D eigenvalue weighted by Gasteiger charge is -2.21. The molecule has 0 fully saturated rings. The molecule has 1 amide bonds. The molecule has 0 unspecified atom stereocenters. The molecule has 0 aliphatic carbocycles. The summed E-state index contributed by atoms with van der Waals surface area (Å²) in [4.78, 5) is 13.7. The Bertz CT molecular complexity index is 506. The Kier molecular flexibility index (Phi) is 5.35. The molecule has 2 N–H and O–H groups in total. The van der Waals surface area contributed by atoms with E-state index in [2.05, 4.69) is 0 Å². The molecule has 0 saturated heterocycles. The van der Waals surface area contributed by atoms with Gasteiger partial charge in [-0.3, -0.25) is 4.79 Å². The number of nitrogens with zero attached hydrogens (tertiary/aromatic N) is 1. The average Bonchev–Trinajstić information content (AvgIpc) is 2.35. The highest BCUT2D eigenvalue weighted by atomic mass is 32.1. The zero-order valence-electron chi connectivity index (χ0n) is 10.9. The predicted octanol–water partition coefficient (Wildman–Crippen LogP) is 2.41. The summed E-state index contributed by atoms with van der Waals surface area (Å²) in [6, 6.07) is 2.39. The van der Waals surface area contributed by atoms with Crippen LogP contribution in [0.15, 0.2) is 12.1 Å². The highest BCUT2D eigenvalue weighted by Gasteiger charge is 2.23. The van der Waals surface area contributed by atoms with E-state index in [1.54, 1.807) is 6.92 Å². The largest absolute Gasteiger partial charge is 0.393 e. The quantitative estimate of drug-likeness (QED) is 0.846. The van der Waals surface area contributed by atoms with Crippen LogP contribution in [-0.2, 0) is 0 Å². The van der Waals surface area contributed by atoms with Gasteiger partial charge in [0, 0.05) is 19.5 Å². The van der Waals surface area contributed by atoms with Crippen molar-refractivity contribution < 1.29 is 13.6 Å². The monoisotopic (exact) mass is 286 g/mol. The minimum atomic E-state index is -0.859. The number of amides is 1. The van der Waals surface area contributed by atoms with Crippen LogP contribution in [0.2, 0.25) is 0 Å². The summed E-state index contributed by atoms with van der Waals surface area (Å²) in [5, 5.41) is 0. The van der Waals surface area contributed by atoms with E-state index in [0.717, 1.165) is 6.07 Å². The maximum atomic E-state index is 13.9. The summed E-state index contributed by atoms with van der Waals surface area (Å²) in [6.07, 6.45) is 0.323. The van der Waals surface area contributed by atoms with Gasteiger partial charge >= 0.3 is 0 Å². The molecule has 0 aromatic heterocycles. The van der Waals surface area contributed by atoms with Crippen LogP contribution < -0.4 is 5.73 Å². The van der Waals surface area contributed by atoms with E-state index in [4.69, 9.17) is 18.0 Å². The highest BCUT2D eigenvalue weighted by Crippen LogP contribution is 2.18. The molecule has 0 aliphatic heterocycles. The van der Waals surface area contributed by atoms with Crippen molar-refractivity contribution in [1.82, 2.24) is 4.90 Å². The number of halogens is 2. The first kappa shape index (κ1) is 15.5. The minimum Gasteiger partial charge on any atom is -0.393 e. The molecule has 0 heterocycles. The zero-order chi connectivity index (χ0) is 14.6. The average molecular weight is 286 g/mol. The number of hydrogen-bond acceptors (Lipinski definition) is 2. The maximum absolute atomic E-state index is 13.9. The first-order chi connectivity index (χ1) is 8.88. The van der Waals surface area contributed by atoms with E-state index in [-0.39, 0.29) is 17.1 Å². The van der Waals surface area contributed by atoms with Crippen molar-refractivity contribution in [2.75, 3.05) is 13.1 Å². The standard InChI is InChI=1S/C13H16F2N2OS/c1-3-17(7-6-10(16)19)13(18)11-9(14)5-4-8(2)12(11)15/h4-5H,3,6-7H2,1-2H3,(H2,16,19). The third-order valence-electron chi connectivity index (χ3n) is 2.80. The Morgan fingerprint density at radius 3 is 2.58 bits per heavy atom. The molecule has 19 heavy (non-hydrogen) atoms. The second-order valence-corrected chi connectivity index (χ2v) is 4.68. The summed E-state index contributed by atoms with van der Waals surface area (Å²) in [6.45, 7) is 3.78. The van der Waals surface area contributed by atoms with Crippen LogP contribution >= 0.6 is 12.2 Å². The van der Waals surface area contributed by atoms with Crippen LogP contribution in [0.4, 0.5) is 8.78 Å². The van der Waals surface area contributed by atoms with E-state index >= 15 is 0 Å². The number of thiocarbonyl (C=S) groups is 1. The molecule has 6 heteroatoms. The fraction of sp³-hybridized carbons (Fsp3) is 0.385. The molecule has 1 aromatic carbocycles. The Hall–Kier alpha value is -1.56. The van der Waals surface area contributed by atoms with Gasteiger partial charge in [0.15, 0.2) is 0 Å². The molecular weight excluding hydrogens is 270 g/mol. The van der Waals surface area contributed by atoms with Gasteiger partial charge in [-0.05, 0) is 25.5 Å². The Morgan fingerprint density at radius 2 is 2.05 bits per heavy atom. The smallest absolute Gasteiger partial charge is 0.259 e. The van der Waals surface area contributed by atoms with Crippen molar-refractivity contribution in [1.29, 1.82) is 0 Å². The van der Waals surface area contributed by atoms with Crippen molar-refractivity contribution in [3.05, 3.63) is 34.9 Å². The van der Waals surface area contributed by atoms with Crippen LogP contribution in [-0.4, -0.2) is 28.9 Å². The number of carbonyl (C=O) groups excluding carboxylic acids is 1. The predicted molar refractivity (Wildman–Crippen MR) is 74.1 cm³/mol. The van der Waals surface area contributed by atoms with Crippen LogP contribution in [0.3, 0.4) is 0 Å². The normalized spacial score (nSPS) is 10.3. The van der Waals surface area contributed by atoms with Crippen molar-refractivity contribution in [3.8, 4) is 0 Å². The summed E-state index contributed by atoms with van der Waals surface area (Å²) < 4.78 is 27.5. The third-order valence-corrected chi connectivity index (χ3v) is 3.00. The highest BCUT2D eigenvalue weighted by molar-refractivity contribution is 7.80. The van der Waals surface area contributed by atoms with Crippen LogP contribution in [0.5, 0.6) is 0 Å². The summed E-state index contributed by atoms with van der Waals surface area (Å²) >= 11 is 4.73. The van der Waals surface area contributed by atoms with E-state index in [1.807, 2.05) is 0 Å². The van der Waals surface area contributed by atoms with Crippen LogP contribution in [0, 0.1) is 18.6 Å². The fourth-order valence-corrected chi connectivity index (χ4v) is 1.75. The Morgan fingerprint density at radius 1 is 1.42 bits per heavy atom. The molecule has 3 nitrogen and oxygen atoms in total. The van der Waals surface area contributed by atoms with Crippen molar-refractivity contribution in [2.45, 2.75) is 20.3 Å². The molecule has 0 atom stereocenters. The lowest BCUT2D eigenvalue weighted by Crippen LogP contribution is -2.34. The third kappa shape index (κ3) is 3.70. The Labute approximate surface area is 116 Å². The van der Waals surface area contributed by atoms with Gasteiger partial charge in [0.2, 0.25) is 0 Å². The zero-order valence-corrected chi connectivity index (χ0v) is 11.7. The summed E-state index contributed by atoms with van der Waals surface area (Å²) in [5.41, 5.74) is 5.07. The number of rotatable bonds is 5. The maximum Gasteiger partial charge on any atom is 0.259 e. The minimum absolute atomic E-state index is 0.232. The van der Waals surface area contributed by atoms with E-state index in [1.165, 1.54) is 17.9 Å². The topological polar surface area (TPSA) is 46.3 Å². The van der Waals surface area contributed by atoms with Gasteiger partial charge in [0.05, 0.1) is 4.99 Å². The van der Waals surface area contributed by atoms with Crippen LogP contribution in [0.1, 0.15) is 29.3 Å². The van der Waals surface area contributed by atoms with Gasteiger partial charge in [-0.15, -0.1) is 0 Å². The molecular formula is C13H16F2N2OS. The molecule has 1 aromatic rings. The lowest BCUT2D eigenvalue weighted by molar-refractivity contribution is 0.0759. The first-order valence-electron chi connectivity index (χ1n) is 5.90. The van der Waals surface area contributed by atoms with Crippen molar-refractivity contribution in [2.24, 2.45) is 5.73 Å². The molecule has 0 saturated carbocycles. The summed E-state index contributed by atoms with van der Waals surface area (Å²) in [7, 11) is 0. The number of hydrogen-bond donors (Lipinski definition) is 1. The van der Waals surface area contributed by atoms with Gasteiger partial charge < -0.3 is 10.6 Å². The SMILES string of the molecule is CCN(CCC(N)=S)C(=O)c1c(F)ccc(C)c1F. The molecule has 0 spiro atoms. The lowest BCUT2D eigenvalue weighted by atomic mass is 10.1. The second-order valence-electron chi connectivity index (χ2n) is 4.15. The summed E-state index contributed by atoms with van der Waals surface area (Å²) in [5.74, 6) is -2.36. The number of carbonyl (C=O) groups is 1. The second kappa shape index (κ2) is 6.56. The molecule has 0 aliphatic rings. The van der Waals surface area contributed by atoms with Gasteiger partial charge in [0.1, 0.15) is 17.2 Å². The van der Waals surface area contributed by atoms with Crippen molar-refractivity contribution in [3.63, 3.8) is 0 Å². The van der Waals surface area contributed by atoms with E-state index < -0.39 is 23.1 Å². The molecule has 0 bridgehead atoms. The van der Waals surface area contributed by atoms with Crippen molar-refractivity contribution >= 4 is 23.1 Å². The van der Waals surface area contributed by atoms with Gasteiger partial charge in [0.25, 0.3) is 5.91 Å². The van der Waals surface area contributed by atoms with E-state index in [0.29, 0.717) is 13.0 Å². The molecule has 0 radical (unpaired) electrons. The fourth-order valence-electron chi connectivity index (χ4n) is 1.66. The Balaban J connectivity index is 3.04. The van der Waals surface area contributed by atoms with Crippen LogP contribution in [0.25, 0.3) is 0 Å². The molecule has 1 rings (SSSR count). The first-order valence-corrected chi connectivity index (χ1v) is 6.31. The molecule has 104 valence electrons. The van der Waals surface area contributed by atoms with Gasteiger partial charge in [-0.1, -0.05) is 18.3 Å². The van der Waals surface area contributed by atoms with Gasteiger partial charge in [-0.25, -0.2) is 8.78 Å². The number of benzene rings is 1.